The van der Waals surface area contributed by atoms with Gasteiger partial charge in [-0.1, -0.05) is 48.0 Å². The molecule has 24 heavy (non-hydrogen) atoms. The van der Waals surface area contributed by atoms with E-state index in [-0.39, 0.29) is 10.9 Å². The zero-order chi connectivity index (χ0) is 17.2. The molecule has 1 aliphatic heterocycles. The number of hydrogen-bond acceptors (Lipinski definition) is 4. The average molecular weight is 347 g/mol. The van der Waals surface area contributed by atoms with E-state index in [0.29, 0.717) is 13.0 Å². The first kappa shape index (κ1) is 17.1. The van der Waals surface area contributed by atoms with Crippen molar-refractivity contribution < 1.29 is 17.9 Å². The number of rotatable bonds is 5. The maximum Gasteiger partial charge on any atom is 0.247 e. The standard InChI is InChI=1S/C18H21NO4S/c1-14-8-10-17(11-9-14)24(20,21)19-16(13-23-18(19)22-2)12-15-6-4-3-5-7-15/h3-11,16,18H,12-13H2,1-2H3/t16-,18?/m0/s1. The summed E-state index contributed by atoms with van der Waals surface area (Å²) in [4.78, 5) is 0.249. The molecule has 0 aliphatic carbocycles. The number of benzene rings is 2. The third kappa shape index (κ3) is 3.37. The van der Waals surface area contributed by atoms with Crippen molar-refractivity contribution in [2.24, 2.45) is 0 Å². The SMILES string of the molecule is COC1OC[C@H](Cc2ccccc2)N1S(=O)(=O)c1ccc(C)cc1. The van der Waals surface area contributed by atoms with Gasteiger partial charge in [0.25, 0.3) is 0 Å². The minimum absolute atomic E-state index is 0.249. The molecular weight excluding hydrogens is 326 g/mol. The van der Waals surface area contributed by atoms with Crippen LogP contribution in [0.1, 0.15) is 11.1 Å². The highest BCUT2D eigenvalue weighted by Gasteiger charge is 2.43. The second-order valence-electron chi connectivity index (χ2n) is 5.87. The van der Waals surface area contributed by atoms with E-state index >= 15 is 0 Å². The van der Waals surface area contributed by atoms with Gasteiger partial charge in [-0.3, -0.25) is 0 Å². The molecule has 0 spiro atoms. The summed E-state index contributed by atoms with van der Waals surface area (Å²) in [7, 11) is -2.25. The second kappa shape index (κ2) is 7.03. The van der Waals surface area contributed by atoms with Crippen LogP contribution in [-0.2, 0) is 25.9 Å². The third-order valence-corrected chi connectivity index (χ3v) is 6.00. The van der Waals surface area contributed by atoms with E-state index < -0.39 is 16.4 Å². The molecule has 6 heteroatoms. The van der Waals surface area contributed by atoms with E-state index in [1.54, 1.807) is 24.3 Å². The van der Waals surface area contributed by atoms with Gasteiger partial charge in [-0.15, -0.1) is 4.31 Å². The molecule has 1 aliphatic rings. The molecule has 2 atom stereocenters. The van der Waals surface area contributed by atoms with Gasteiger partial charge in [-0.2, -0.15) is 0 Å². The normalized spacial score (nSPS) is 21.9. The number of nitrogens with zero attached hydrogens (tertiary/aromatic N) is 1. The van der Waals surface area contributed by atoms with Crippen LogP contribution in [0, 0.1) is 6.92 Å². The lowest BCUT2D eigenvalue weighted by Gasteiger charge is -2.26. The van der Waals surface area contributed by atoms with Crippen LogP contribution in [0.2, 0.25) is 0 Å². The minimum Gasteiger partial charge on any atom is -0.342 e. The number of hydrogen-bond donors (Lipinski definition) is 0. The molecule has 1 saturated heterocycles. The first-order valence-corrected chi connectivity index (χ1v) is 9.25. The third-order valence-electron chi connectivity index (χ3n) is 4.11. The van der Waals surface area contributed by atoms with E-state index in [1.165, 1.54) is 11.4 Å². The quantitative estimate of drug-likeness (QED) is 0.834. The van der Waals surface area contributed by atoms with E-state index in [4.69, 9.17) is 9.47 Å². The largest absolute Gasteiger partial charge is 0.342 e. The van der Waals surface area contributed by atoms with Crippen molar-refractivity contribution in [1.82, 2.24) is 4.31 Å². The fraction of sp³-hybridized carbons (Fsp3) is 0.333. The lowest BCUT2D eigenvalue weighted by atomic mass is 10.1. The zero-order valence-corrected chi connectivity index (χ0v) is 14.6. The Balaban J connectivity index is 1.92. The zero-order valence-electron chi connectivity index (χ0n) is 13.8. The Bertz CT molecular complexity index is 774. The molecule has 1 unspecified atom stereocenters. The predicted octanol–water partition coefficient (Wildman–Crippen LogP) is 2.56. The molecule has 0 bridgehead atoms. The van der Waals surface area contributed by atoms with E-state index in [1.807, 2.05) is 37.3 Å². The highest BCUT2D eigenvalue weighted by atomic mass is 32.2. The van der Waals surface area contributed by atoms with E-state index in [0.717, 1.165) is 11.1 Å². The monoisotopic (exact) mass is 347 g/mol. The summed E-state index contributed by atoms with van der Waals surface area (Å²) in [5, 5.41) is 0. The van der Waals surface area contributed by atoms with Gasteiger partial charge in [0.05, 0.1) is 17.5 Å². The average Bonchev–Trinajstić information content (AvgIpc) is 2.99. The van der Waals surface area contributed by atoms with Gasteiger partial charge in [-0.25, -0.2) is 8.42 Å². The molecule has 1 fully saturated rings. The Hall–Kier alpha value is -1.73. The molecule has 5 nitrogen and oxygen atoms in total. The van der Waals surface area contributed by atoms with Crippen molar-refractivity contribution in [3.05, 3.63) is 65.7 Å². The maximum atomic E-state index is 13.1. The molecular formula is C18H21NO4S. The molecule has 0 N–H and O–H groups in total. The smallest absolute Gasteiger partial charge is 0.247 e. The molecule has 0 saturated carbocycles. The van der Waals surface area contributed by atoms with Crippen molar-refractivity contribution >= 4 is 10.0 Å². The van der Waals surface area contributed by atoms with Crippen LogP contribution in [0.25, 0.3) is 0 Å². The second-order valence-corrected chi connectivity index (χ2v) is 7.71. The van der Waals surface area contributed by atoms with Crippen molar-refractivity contribution in [1.29, 1.82) is 0 Å². The lowest BCUT2D eigenvalue weighted by Crippen LogP contribution is -2.43. The Morgan fingerprint density at radius 3 is 2.42 bits per heavy atom. The molecule has 2 aromatic rings. The molecule has 0 radical (unpaired) electrons. The van der Waals surface area contributed by atoms with Gasteiger partial charge < -0.3 is 9.47 Å². The van der Waals surface area contributed by atoms with Crippen molar-refractivity contribution in [3.8, 4) is 0 Å². The molecule has 3 rings (SSSR count). The highest BCUT2D eigenvalue weighted by Crippen LogP contribution is 2.29. The van der Waals surface area contributed by atoms with Crippen molar-refractivity contribution in [2.75, 3.05) is 13.7 Å². The van der Waals surface area contributed by atoms with E-state index in [2.05, 4.69) is 0 Å². The van der Waals surface area contributed by atoms with Gasteiger partial charge in [0, 0.05) is 7.11 Å². The van der Waals surface area contributed by atoms with Crippen LogP contribution in [0.5, 0.6) is 0 Å². The predicted molar refractivity (Wildman–Crippen MR) is 90.9 cm³/mol. The first-order chi connectivity index (χ1) is 11.5. The summed E-state index contributed by atoms with van der Waals surface area (Å²) in [6.07, 6.45) is -0.323. The van der Waals surface area contributed by atoms with E-state index in [9.17, 15) is 8.42 Å². The molecule has 128 valence electrons. The first-order valence-electron chi connectivity index (χ1n) is 7.81. The van der Waals surface area contributed by atoms with Crippen molar-refractivity contribution in [3.63, 3.8) is 0 Å². The fourth-order valence-corrected chi connectivity index (χ4v) is 4.49. The Labute approximate surface area is 142 Å². The topological polar surface area (TPSA) is 55.8 Å². The van der Waals surface area contributed by atoms with Gasteiger partial charge in [0.15, 0.2) is 0 Å². The number of ether oxygens (including phenoxy) is 2. The van der Waals surface area contributed by atoms with Gasteiger partial charge in [-0.05, 0) is 31.0 Å². The van der Waals surface area contributed by atoms with Crippen LogP contribution in [0.4, 0.5) is 0 Å². The summed E-state index contributed by atoms with van der Waals surface area (Å²) < 4.78 is 38.3. The van der Waals surface area contributed by atoms with Gasteiger partial charge in [0.1, 0.15) is 0 Å². The Morgan fingerprint density at radius 1 is 1.12 bits per heavy atom. The molecule has 1 heterocycles. The van der Waals surface area contributed by atoms with Crippen LogP contribution in [-0.4, -0.2) is 38.9 Å². The summed E-state index contributed by atoms with van der Waals surface area (Å²) in [5.74, 6) is 0. The number of aryl methyl sites for hydroxylation is 1. The Kier molecular flexibility index (Phi) is 5.01. The summed E-state index contributed by atoms with van der Waals surface area (Å²) in [5.41, 5.74) is 2.07. The summed E-state index contributed by atoms with van der Waals surface area (Å²) in [6.45, 7) is 2.23. The summed E-state index contributed by atoms with van der Waals surface area (Å²) >= 11 is 0. The van der Waals surface area contributed by atoms with Crippen LogP contribution >= 0.6 is 0 Å². The number of sulfonamides is 1. The summed E-state index contributed by atoms with van der Waals surface area (Å²) in [6, 6.07) is 16.3. The fourth-order valence-electron chi connectivity index (χ4n) is 2.86. The van der Waals surface area contributed by atoms with Crippen LogP contribution < -0.4 is 0 Å². The van der Waals surface area contributed by atoms with Crippen LogP contribution in [0.15, 0.2) is 59.5 Å². The highest BCUT2D eigenvalue weighted by molar-refractivity contribution is 7.89. The molecule has 2 aromatic carbocycles. The Morgan fingerprint density at radius 2 is 1.79 bits per heavy atom. The minimum atomic E-state index is -3.70. The lowest BCUT2D eigenvalue weighted by molar-refractivity contribution is -0.132. The molecule has 0 amide bonds. The molecule has 0 aromatic heterocycles. The number of methoxy groups -OCH3 is 1. The maximum absolute atomic E-state index is 13.1. The van der Waals surface area contributed by atoms with Gasteiger partial charge >= 0.3 is 0 Å². The van der Waals surface area contributed by atoms with Crippen LogP contribution in [0.3, 0.4) is 0 Å². The van der Waals surface area contributed by atoms with Crippen molar-refractivity contribution in [2.45, 2.75) is 30.7 Å². The van der Waals surface area contributed by atoms with Gasteiger partial charge in [0.2, 0.25) is 16.4 Å².